The van der Waals surface area contributed by atoms with Crippen molar-refractivity contribution in [3.8, 4) is 22.8 Å². The molecule has 1 fully saturated rings. The Morgan fingerprint density at radius 3 is 2.17 bits per heavy atom. The van der Waals surface area contributed by atoms with Crippen molar-refractivity contribution in [1.82, 2.24) is 19.9 Å². The van der Waals surface area contributed by atoms with Crippen molar-refractivity contribution in [3.63, 3.8) is 0 Å². The smallest absolute Gasteiger partial charge is 0.191 e. The van der Waals surface area contributed by atoms with Crippen LogP contribution in [0.4, 0.5) is 17.2 Å². The number of hydrogen-bond donors (Lipinski definition) is 0. The average molecular weight is 643 g/mol. The van der Waals surface area contributed by atoms with E-state index in [1.165, 1.54) is 0 Å². The molecule has 0 aliphatic carbocycles. The quantitative estimate of drug-likeness (QED) is 0.124. The van der Waals surface area contributed by atoms with Crippen LogP contribution in [-0.2, 0) is 4.43 Å². The van der Waals surface area contributed by atoms with E-state index < -0.39 is 8.32 Å². The molecule has 2 aromatic heterocycles. The summed E-state index contributed by atoms with van der Waals surface area (Å²) in [5.74, 6) is 2.53. The molecule has 0 spiro atoms. The van der Waals surface area contributed by atoms with Gasteiger partial charge >= 0.3 is 0 Å². The number of benzene rings is 2. The van der Waals surface area contributed by atoms with Crippen molar-refractivity contribution in [2.45, 2.75) is 52.2 Å². The molecule has 10 heteroatoms. The zero-order valence-electron chi connectivity index (χ0n) is 29.1. The summed E-state index contributed by atoms with van der Waals surface area (Å²) in [4.78, 5) is 21.7. The average Bonchev–Trinajstić information content (AvgIpc) is 3.04. The van der Waals surface area contributed by atoms with Gasteiger partial charge in [-0.15, -0.1) is 0 Å². The maximum atomic E-state index is 6.53. The van der Waals surface area contributed by atoms with Crippen LogP contribution in [0.3, 0.4) is 0 Å². The van der Waals surface area contributed by atoms with E-state index in [0.717, 1.165) is 95.7 Å². The van der Waals surface area contributed by atoms with Gasteiger partial charge in [-0.05, 0) is 68.4 Å². The second-order valence-electron chi connectivity index (χ2n) is 13.8. The highest BCUT2D eigenvalue weighted by atomic mass is 28.4. The third kappa shape index (κ3) is 7.62. The fourth-order valence-corrected chi connectivity index (χ4v) is 6.57. The van der Waals surface area contributed by atoms with Crippen LogP contribution in [0.2, 0.25) is 18.1 Å². The van der Waals surface area contributed by atoms with Crippen molar-refractivity contribution >= 4 is 36.5 Å². The van der Waals surface area contributed by atoms with Gasteiger partial charge in [-0.2, -0.15) is 0 Å². The summed E-state index contributed by atoms with van der Waals surface area (Å²) in [6.07, 6.45) is 4.63. The molecule has 0 radical (unpaired) electrons. The molecule has 46 heavy (non-hydrogen) atoms. The second-order valence-corrected chi connectivity index (χ2v) is 18.6. The molecule has 1 aliphatic heterocycles. The van der Waals surface area contributed by atoms with Crippen LogP contribution in [0.1, 0.15) is 32.8 Å². The van der Waals surface area contributed by atoms with E-state index in [9.17, 15) is 0 Å². The van der Waals surface area contributed by atoms with Gasteiger partial charge in [0.1, 0.15) is 17.3 Å². The van der Waals surface area contributed by atoms with Crippen LogP contribution in [0, 0.1) is 6.92 Å². The first-order valence-corrected chi connectivity index (χ1v) is 19.1. The number of nitrogens with zero attached hydrogens (tertiary/aromatic N) is 6. The minimum absolute atomic E-state index is 0.167. The van der Waals surface area contributed by atoms with Crippen molar-refractivity contribution in [2.24, 2.45) is 0 Å². The largest absolute Gasteiger partial charge is 0.497 e. The SMILES string of the molecule is COc1cc(OC)cc(N(CCCO[Si](C)(C)C(C)(C)C)c2ccc3ncc(-c4cnc(N5CCN(C)CC5)c(C)c4)nc3c2)c1. The number of fused-ring (bicyclic) bond motifs is 1. The standard InChI is InChI=1S/C36H50N6O3Si/c1-26-19-27(24-38-35(26)41-16-14-40(5)15-17-41)34-25-37-32-12-11-28(22-33(32)39-34)42(13-10-18-45-46(8,9)36(2,3)4)29-20-30(43-6)23-31(21-29)44-7/h11-12,19-25H,10,13-18H2,1-9H3. The Labute approximate surface area is 275 Å². The number of anilines is 3. The predicted octanol–water partition coefficient (Wildman–Crippen LogP) is 7.32. The highest BCUT2D eigenvalue weighted by molar-refractivity contribution is 6.74. The number of hydrogen-bond acceptors (Lipinski definition) is 9. The van der Waals surface area contributed by atoms with Crippen LogP contribution in [-0.4, -0.2) is 88.8 Å². The lowest BCUT2D eigenvalue weighted by Crippen LogP contribution is -2.45. The first kappa shape index (κ1) is 33.6. The summed E-state index contributed by atoms with van der Waals surface area (Å²) in [5, 5.41) is 0.167. The summed E-state index contributed by atoms with van der Waals surface area (Å²) in [5.41, 5.74) is 6.59. The molecule has 0 unspecified atom stereocenters. The van der Waals surface area contributed by atoms with Gasteiger partial charge in [-0.1, -0.05) is 20.8 Å². The van der Waals surface area contributed by atoms with Crippen molar-refractivity contribution in [2.75, 3.05) is 70.4 Å². The Bertz CT molecular complexity index is 1630. The molecule has 9 nitrogen and oxygen atoms in total. The highest BCUT2D eigenvalue weighted by Crippen LogP contribution is 2.37. The Kier molecular flexibility index (Phi) is 10.2. The molecule has 0 atom stereocenters. The fraction of sp³-hybridized carbons (Fsp3) is 0.472. The summed E-state index contributed by atoms with van der Waals surface area (Å²) in [6, 6.07) is 14.4. The predicted molar refractivity (Wildman–Crippen MR) is 192 cm³/mol. The maximum absolute atomic E-state index is 6.53. The van der Waals surface area contributed by atoms with Gasteiger partial charge in [-0.25, -0.2) is 9.97 Å². The molecule has 246 valence electrons. The molecular formula is C36H50N6O3Si. The Balaban J connectivity index is 1.44. The first-order valence-electron chi connectivity index (χ1n) is 16.2. The topological polar surface area (TPSA) is 76.1 Å². The Morgan fingerprint density at radius 1 is 0.848 bits per heavy atom. The van der Waals surface area contributed by atoms with Gasteiger partial charge in [0.2, 0.25) is 0 Å². The molecule has 1 saturated heterocycles. The highest BCUT2D eigenvalue weighted by Gasteiger charge is 2.36. The molecule has 5 rings (SSSR count). The van der Waals surface area contributed by atoms with E-state index in [0.29, 0.717) is 6.61 Å². The number of aryl methyl sites for hydroxylation is 1. The molecular weight excluding hydrogens is 593 g/mol. The van der Waals surface area contributed by atoms with Crippen LogP contribution < -0.4 is 19.3 Å². The lowest BCUT2D eigenvalue weighted by Gasteiger charge is -2.36. The summed E-state index contributed by atoms with van der Waals surface area (Å²) < 4.78 is 17.8. The zero-order valence-corrected chi connectivity index (χ0v) is 30.1. The van der Waals surface area contributed by atoms with E-state index >= 15 is 0 Å². The molecule has 0 N–H and O–H groups in total. The third-order valence-electron chi connectivity index (χ3n) is 9.43. The summed E-state index contributed by atoms with van der Waals surface area (Å²) in [7, 11) is 3.68. The monoisotopic (exact) mass is 642 g/mol. The van der Waals surface area contributed by atoms with Crippen LogP contribution >= 0.6 is 0 Å². The minimum Gasteiger partial charge on any atom is -0.497 e. The molecule has 0 amide bonds. The van der Waals surface area contributed by atoms with Gasteiger partial charge < -0.3 is 28.6 Å². The molecule has 0 bridgehead atoms. The molecule has 4 aromatic rings. The van der Waals surface area contributed by atoms with Gasteiger partial charge in [0.05, 0.1) is 37.1 Å². The first-order chi connectivity index (χ1) is 21.9. The number of piperazine rings is 1. The second kappa shape index (κ2) is 13.9. The minimum atomic E-state index is -1.85. The van der Waals surface area contributed by atoms with Crippen molar-refractivity contribution in [3.05, 3.63) is 60.4 Å². The van der Waals surface area contributed by atoms with Crippen LogP contribution in [0.25, 0.3) is 22.3 Å². The van der Waals surface area contributed by atoms with Gasteiger partial charge in [0, 0.05) is 80.7 Å². The van der Waals surface area contributed by atoms with Crippen molar-refractivity contribution < 1.29 is 13.9 Å². The molecule has 1 aliphatic rings. The van der Waals surface area contributed by atoms with Gasteiger partial charge in [-0.3, -0.25) is 4.98 Å². The van der Waals surface area contributed by atoms with E-state index in [2.05, 4.69) is 80.7 Å². The van der Waals surface area contributed by atoms with E-state index in [4.69, 9.17) is 28.9 Å². The fourth-order valence-electron chi connectivity index (χ4n) is 5.49. The Morgan fingerprint density at radius 2 is 1.54 bits per heavy atom. The van der Waals surface area contributed by atoms with E-state index in [-0.39, 0.29) is 5.04 Å². The third-order valence-corrected chi connectivity index (χ3v) is 14.0. The number of ether oxygens (including phenoxy) is 2. The lowest BCUT2D eigenvalue weighted by molar-refractivity contribution is 0.284. The van der Waals surface area contributed by atoms with E-state index in [1.807, 2.05) is 36.7 Å². The van der Waals surface area contributed by atoms with Crippen molar-refractivity contribution in [1.29, 1.82) is 0 Å². The number of likely N-dealkylation sites (N-methyl/N-ethyl adjacent to an activating group) is 1. The Hall–Kier alpha value is -3.73. The zero-order chi connectivity index (χ0) is 33.1. The normalized spacial score (nSPS) is 14.5. The summed E-state index contributed by atoms with van der Waals surface area (Å²) >= 11 is 0. The number of methoxy groups -OCH3 is 2. The van der Waals surface area contributed by atoms with Gasteiger partial charge in [0.25, 0.3) is 0 Å². The van der Waals surface area contributed by atoms with Gasteiger partial charge in [0.15, 0.2) is 8.32 Å². The van der Waals surface area contributed by atoms with Crippen LogP contribution in [0.15, 0.2) is 54.9 Å². The molecule has 3 heterocycles. The number of aromatic nitrogens is 3. The maximum Gasteiger partial charge on any atom is 0.191 e. The van der Waals surface area contributed by atoms with Crippen LogP contribution in [0.5, 0.6) is 11.5 Å². The lowest BCUT2D eigenvalue weighted by atomic mass is 10.1. The molecule has 0 saturated carbocycles. The molecule has 2 aromatic carbocycles. The number of pyridine rings is 1. The number of rotatable bonds is 11. The van der Waals surface area contributed by atoms with E-state index in [1.54, 1.807) is 14.2 Å². The summed E-state index contributed by atoms with van der Waals surface area (Å²) in [6.45, 7) is 19.1.